The minimum Gasteiger partial charge on any atom is -0.314 e. The summed E-state index contributed by atoms with van der Waals surface area (Å²) in [6.07, 6.45) is 0. The van der Waals surface area contributed by atoms with Gasteiger partial charge in [-0.1, -0.05) is 24.3 Å². The summed E-state index contributed by atoms with van der Waals surface area (Å²) in [5, 5.41) is 10.3. The molecule has 1 aromatic rings. The van der Waals surface area contributed by atoms with Crippen molar-refractivity contribution in [2.45, 2.75) is 13.1 Å². The zero-order chi connectivity index (χ0) is 10.3. The van der Waals surface area contributed by atoms with Crippen LogP contribution in [0, 0.1) is 0 Å². The van der Waals surface area contributed by atoms with Crippen molar-refractivity contribution in [2.24, 2.45) is 0 Å². The van der Waals surface area contributed by atoms with Crippen LogP contribution in [0.5, 0.6) is 0 Å². The zero-order valence-corrected chi connectivity index (χ0v) is 9.05. The van der Waals surface area contributed by atoms with Gasteiger partial charge < -0.3 is 16.0 Å². The first kappa shape index (κ1) is 10.6. The van der Waals surface area contributed by atoms with Gasteiger partial charge in [-0.3, -0.25) is 0 Å². The summed E-state index contributed by atoms with van der Waals surface area (Å²) in [5.74, 6) is 0. The highest BCUT2D eigenvalue weighted by Crippen LogP contribution is 2.08. The second-order valence-electron chi connectivity index (χ2n) is 3.87. The van der Waals surface area contributed by atoms with Gasteiger partial charge in [0.05, 0.1) is 0 Å². The SMILES string of the molecule is c1ccc2c(c1)CNCCNCCNC2. The van der Waals surface area contributed by atoms with E-state index in [4.69, 9.17) is 0 Å². The van der Waals surface area contributed by atoms with Crippen molar-refractivity contribution in [2.75, 3.05) is 26.2 Å². The van der Waals surface area contributed by atoms with Gasteiger partial charge in [0.25, 0.3) is 0 Å². The Labute approximate surface area is 91.3 Å². The maximum absolute atomic E-state index is 3.45. The Balaban J connectivity index is 2.04. The molecule has 0 unspecified atom stereocenters. The summed E-state index contributed by atoms with van der Waals surface area (Å²) >= 11 is 0. The monoisotopic (exact) mass is 205 g/mol. The molecule has 0 fully saturated rings. The van der Waals surface area contributed by atoms with Crippen LogP contribution in [0.15, 0.2) is 24.3 Å². The molecule has 3 N–H and O–H groups in total. The molecule has 82 valence electrons. The summed E-state index contributed by atoms with van der Waals surface area (Å²) in [4.78, 5) is 0. The van der Waals surface area contributed by atoms with Gasteiger partial charge in [0.15, 0.2) is 0 Å². The van der Waals surface area contributed by atoms with E-state index in [0.717, 1.165) is 39.3 Å². The van der Waals surface area contributed by atoms with Crippen molar-refractivity contribution in [3.8, 4) is 0 Å². The second kappa shape index (κ2) is 5.85. The van der Waals surface area contributed by atoms with Crippen LogP contribution in [0.4, 0.5) is 0 Å². The van der Waals surface area contributed by atoms with E-state index in [1.165, 1.54) is 11.1 Å². The zero-order valence-electron chi connectivity index (χ0n) is 9.05. The maximum atomic E-state index is 3.45. The van der Waals surface area contributed by atoms with Crippen molar-refractivity contribution in [1.82, 2.24) is 16.0 Å². The summed E-state index contributed by atoms with van der Waals surface area (Å²) in [6, 6.07) is 8.63. The predicted octanol–water partition coefficient (Wildman–Crippen LogP) is 0.469. The van der Waals surface area contributed by atoms with Gasteiger partial charge in [-0.15, -0.1) is 0 Å². The normalized spacial score (nSPS) is 18.9. The molecule has 3 nitrogen and oxygen atoms in total. The Morgan fingerprint density at radius 3 is 1.67 bits per heavy atom. The van der Waals surface area contributed by atoms with Crippen molar-refractivity contribution >= 4 is 0 Å². The lowest BCUT2D eigenvalue weighted by molar-refractivity contribution is 0.593. The molecule has 0 radical (unpaired) electrons. The van der Waals surface area contributed by atoms with Crippen molar-refractivity contribution in [3.63, 3.8) is 0 Å². The molecule has 1 aliphatic rings. The van der Waals surface area contributed by atoms with E-state index in [2.05, 4.69) is 40.2 Å². The molecular weight excluding hydrogens is 186 g/mol. The molecule has 0 aromatic heterocycles. The fourth-order valence-corrected chi connectivity index (χ4v) is 1.83. The molecule has 1 aromatic carbocycles. The van der Waals surface area contributed by atoms with E-state index in [1.807, 2.05) is 0 Å². The van der Waals surface area contributed by atoms with E-state index in [9.17, 15) is 0 Å². The van der Waals surface area contributed by atoms with Gasteiger partial charge in [0.2, 0.25) is 0 Å². The van der Waals surface area contributed by atoms with Gasteiger partial charge in [0, 0.05) is 39.3 Å². The van der Waals surface area contributed by atoms with Crippen LogP contribution in [0.3, 0.4) is 0 Å². The first-order valence-corrected chi connectivity index (χ1v) is 5.66. The van der Waals surface area contributed by atoms with Crippen LogP contribution in [0.2, 0.25) is 0 Å². The number of rotatable bonds is 0. The highest BCUT2D eigenvalue weighted by Gasteiger charge is 2.01. The van der Waals surface area contributed by atoms with Crippen molar-refractivity contribution in [1.29, 1.82) is 0 Å². The first-order chi connectivity index (χ1) is 7.47. The molecule has 0 atom stereocenters. The van der Waals surface area contributed by atoms with E-state index >= 15 is 0 Å². The number of hydrogen-bond donors (Lipinski definition) is 3. The number of fused-ring (bicyclic) bond motifs is 1. The van der Waals surface area contributed by atoms with Gasteiger partial charge in [-0.2, -0.15) is 0 Å². The predicted molar refractivity (Wildman–Crippen MR) is 62.7 cm³/mol. The molecule has 0 amide bonds. The van der Waals surface area contributed by atoms with Gasteiger partial charge in [0.1, 0.15) is 0 Å². The molecular formula is C12H19N3. The van der Waals surface area contributed by atoms with Crippen LogP contribution in [0.1, 0.15) is 11.1 Å². The molecule has 1 heterocycles. The lowest BCUT2D eigenvalue weighted by Gasteiger charge is -2.09. The minimum atomic E-state index is 0.972. The summed E-state index contributed by atoms with van der Waals surface area (Å²) < 4.78 is 0. The van der Waals surface area contributed by atoms with Gasteiger partial charge in [-0.25, -0.2) is 0 Å². The Morgan fingerprint density at radius 1 is 0.667 bits per heavy atom. The van der Waals surface area contributed by atoms with Crippen molar-refractivity contribution in [3.05, 3.63) is 35.4 Å². The lowest BCUT2D eigenvalue weighted by atomic mass is 10.1. The summed E-state index contributed by atoms with van der Waals surface area (Å²) in [7, 11) is 0. The van der Waals surface area contributed by atoms with Crippen LogP contribution in [0.25, 0.3) is 0 Å². The van der Waals surface area contributed by atoms with E-state index < -0.39 is 0 Å². The lowest BCUT2D eigenvalue weighted by Crippen LogP contribution is -2.31. The fourth-order valence-electron chi connectivity index (χ4n) is 1.83. The number of hydrogen-bond acceptors (Lipinski definition) is 3. The highest BCUT2D eigenvalue weighted by atomic mass is 15.0. The molecule has 0 bridgehead atoms. The third-order valence-electron chi connectivity index (χ3n) is 2.71. The molecule has 3 heteroatoms. The molecule has 0 spiro atoms. The largest absolute Gasteiger partial charge is 0.314 e. The van der Waals surface area contributed by atoms with E-state index in [-0.39, 0.29) is 0 Å². The number of nitrogens with one attached hydrogen (secondary N) is 3. The van der Waals surface area contributed by atoms with Crippen LogP contribution < -0.4 is 16.0 Å². The fraction of sp³-hybridized carbons (Fsp3) is 0.500. The van der Waals surface area contributed by atoms with Gasteiger partial charge in [-0.05, 0) is 11.1 Å². The Morgan fingerprint density at radius 2 is 1.13 bits per heavy atom. The quantitative estimate of drug-likeness (QED) is 0.576. The summed E-state index contributed by atoms with van der Waals surface area (Å²) in [6.45, 7) is 6.11. The molecule has 0 saturated carbocycles. The molecule has 15 heavy (non-hydrogen) atoms. The van der Waals surface area contributed by atoms with Gasteiger partial charge >= 0.3 is 0 Å². The first-order valence-electron chi connectivity index (χ1n) is 5.66. The second-order valence-corrected chi connectivity index (χ2v) is 3.87. The average Bonchev–Trinajstić information content (AvgIpc) is 2.32. The molecule has 1 aliphatic heterocycles. The van der Waals surface area contributed by atoms with Crippen LogP contribution in [-0.4, -0.2) is 26.2 Å². The molecule has 2 rings (SSSR count). The van der Waals surface area contributed by atoms with E-state index in [0.29, 0.717) is 0 Å². The third-order valence-corrected chi connectivity index (χ3v) is 2.71. The maximum Gasteiger partial charge on any atom is 0.0209 e. The van der Waals surface area contributed by atoms with Crippen molar-refractivity contribution < 1.29 is 0 Å². The van der Waals surface area contributed by atoms with Crippen LogP contribution in [-0.2, 0) is 13.1 Å². The highest BCUT2D eigenvalue weighted by molar-refractivity contribution is 5.26. The third kappa shape index (κ3) is 3.30. The molecule has 0 saturated heterocycles. The summed E-state index contributed by atoms with van der Waals surface area (Å²) in [5.41, 5.74) is 2.82. The average molecular weight is 205 g/mol. The Bertz CT molecular complexity index is 270. The van der Waals surface area contributed by atoms with Crippen LogP contribution >= 0.6 is 0 Å². The minimum absolute atomic E-state index is 0.972. The Kier molecular flexibility index (Phi) is 4.14. The standard InChI is InChI=1S/C12H19N3/c1-2-4-12-10-15-8-6-13-5-7-14-9-11(12)3-1/h1-4,13-15H,5-10H2. The Hall–Kier alpha value is -0.900. The molecule has 0 aliphatic carbocycles. The topological polar surface area (TPSA) is 36.1 Å². The smallest absolute Gasteiger partial charge is 0.0209 e. The number of benzene rings is 1. The van der Waals surface area contributed by atoms with E-state index in [1.54, 1.807) is 0 Å².